The fourth-order valence-electron chi connectivity index (χ4n) is 2.57. The Morgan fingerprint density at radius 1 is 1.25 bits per heavy atom. The molecule has 0 fully saturated rings. The van der Waals surface area contributed by atoms with Gasteiger partial charge in [0.1, 0.15) is 6.33 Å². The lowest BCUT2D eigenvalue weighted by molar-refractivity contribution is 0.230. The summed E-state index contributed by atoms with van der Waals surface area (Å²) < 4.78 is 29.8. The zero-order valence-electron chi connectivity index (χ0n) is 16.7. The second kappa shape index (κ2) is 9.68. The van der Waals surface area contributed by atoms with Gasteiger partial charge in [0.25, 0.3) is 0 Å². The molecule has 0 saturated carbocycles. The number of hydrogen-bond acceptors (Lipinski definition) is 8. The van der Waals surface area contributed by atoms with Crippen molar-refractivity contribution in [2.24, 2.45) is 0 Å². The summed E-state index contributed by atoms with van der Waals surface area (Å²) in [5, 5.41) is 13.5. The Labute approximate surface area is 165 Å². The number of aryl methyl sites for hydroxylation is 2. The molecule has 152 valence electrons. The standard InChI is InChI=1S/C19H26N3O5P/c1-6-26-28(24,27-7-2)18(11-21-16-10-20-12-22-14(16)4)15-8-13(3)19(23)17(9-15)25-5/h8-12,21,23H,6-7H2,1-5H3/b18-11+. The predicted molar refractivity (Wildman–Crippen MR) is 109 cm³/mol. The van der Waals surface area contributed by atoms with E-state index in [-0.39, 0.29) is 24.7 Å². The van der Waals surface area contributed by atoms with Gasteiger partial charge >= 0.3 is 7.60 Å². The quantitative estimate of drug-likeness (QED) is 0.587. The normalized spacial score (nSPS) is 12.1. The molecule has 0 amide bonds. The van der Waals surface area contributed by atoms with Crippen LogP contribution >= 0.6 is 7.60 Å². The van der Waals surface area contributed by atoms with E-state index in [2.05, 4.69) is 15.3 Å². The molecule has 1 aromatic carbocycles. The van der Waals surface area contributed by atoms with E-state index in [1.807, 2.05) is 6.92 Å². The average Bonchev–Trinajstić information content (AvgIpc) is 2.66. The van der Waals surface area contributed by atoms with Gasteiger partial charge in [0.2, 0.25) is 0 Å². The highest BCUT2D eigenvalue weighted by Gasteiger charge is 2.32. The lowest BCUT2D eigenvalue weighted by Crippen LogP contribution is -2.03. The predicted octanol–water partition coefficient (Wildman–Crippen LogP) is 4.48. The van der Waals surface area contributed by atoms with Crippen LogP contribution < -0.4 is 10.1 Å². The van der Waals surface area contributed by atoms with E-state index in [0.29, 0.717) is 22.1 Å². The number of anilines is 1. The van der Waals surface area contributed by atoms with Crippen molar-refractivity contribution in [1.29, 1.82) is 0 Å². The molecule has 0 bridgehead atoms. The SMILES string of the molecule is CCOP(=O)(OCC)/C(=C/Nc1cncnc1C)c1cc(C)c(O)c(OC)c1. The van der Waals surface area contributed by atoms with Gasteiger partial charge in [0.05, 0.1) is 43.2 Å². The molecule has 2 aromatic rings. The Hall–Kier alpha value is -2.41. The second-order valence-corrected chi connectivity index (χ2v) is 7.87. The molecule has 0 radical (unpaired) electrons. The summed E-state index contributed by atoms with van der Waals surface area (Å²) in [5.41, 5.74) is 2.49. The monoisotopic (exact) mass is 407 g/mol. The molecule has 2 N–H and O–H groups in total. The molecule has 1 heterocycles. The number of benzene rings is 1. The molecule has 0 aliphatic carbocycles. The minimum atomic E-state index is -3.65. The maximum absolute atomic E-state index is 13.5. The number of methoxy groups -OCH3 is 1. The number of phenolic OH excluding ortho intramolecular Hbond substituents is 1. The Balaban J connectivity index is 2.62. The van der Waals surface area contributed by atoms with Crippen LogP contribution in [0.4, 0.5) is 5.69 Å². The molecule has 0 spiro atoms. The van der Waals surface area contributed by atoms with Crippen LogP contribution in [0.2, 0.25) is 0 Å². The van der Waals surface area contributed by atoms with E-state index in [0.717, 1.165) is 5.69 Å². The third kappa shape index (κ3) is 4.90. The lowest BCUT2D eigenvalue weighted by Gasteiger charge is -2.21. The highest BCUT2D eigenvalue weighted by atomic mass is 31.2. The van der Waals surface area contributed by atoms with Crippen LogP contribution in [0.3, 0.4) is 0 Å². The van der Waals surface area contributed by atoms with Crippen LogP contribution in [-0.4, -0.2) is 35.4 Å². The highest BCUT2D eigenvalue weighted by molar-refractivity contribution is 7.65. The van der Waals surface area contributed by atoms with Crippen molar-refractivity contribution in [3.8, 4) is 11.5 Å². The Kier molecular flexibility index (Phi) is 7.57. The van der Waals surface area contributed by atoms with Gasteiger partial charge in [-0.2, -0.15) is 0 Å². The van der Waals surface area contributed by atoms with Crippen molar-refractivity contribution in [2.75, 3.05) is 25.6 Å². The van der Waals surface area contributed by atoms with Crippen LogP contribution in [0.5, 0.6) is 11.5 Å². The summed E-state index contributed by atoms with van der Waals surface area (Å²) in [6.07, 6.45) is 4.62. The molecule has 8 nitrogen and oxygen atoms in total. The van der Waals surface area contributed by atoms with E-state index in [1.165, 1.54) is 13.4 Å². The maximum Gasteiger partial charge on any atom is 0.363 e. The first-order chi connectivity index (χ1) is 13.4. The summed E-state index contributed by atoms with van der Waals surface area (Å²) in [6.45, 7) is 7.46. The van der Waals surface area contributed by atoms with Gasteiger partial charge in [-0.3, -0.25) is 4.57 Å². The Morgan fingerprint density at radius 2 is 1.93 bits per heavy atom. The van der Waals surface area contributed by atoms with E-state index in [1.54, 1.807) is 45.3 Å². The minimum Gasteiger partial charge on any atom is -0.504 e. The van der Waals surface area contributed by atoms with Crippen LogP contribution in [0.15, 0.2) is 30.9 Å². The van der Waals surface area contributed by atoms with Crippen LogP contribution in [0.1, 0.15) is 30.7 Å². The van der Waals surface area contributed by atoms with Crippen LogP contribution in [0, 0.1) is 13.8 Å². The van der Waals surface area contributed by atoms with Gasteiger partial charge in [0, 0.05) is 6.20 Å². The van der Waals surface area contributed by atoms with Gasteiger partial charge in [-0.05, 0) is 51.0 Å². The first kappa shape index (κ1) is 21.9. The van der Waals surface area contributed by atoms with Crippen LogP contribution in [-0.2, 0) is 13.6 Å². The van der Waals surface area contributed by atoms with Gasteiger partial charge in [-0.15, -0.1) is 0 Å². The molecular formula is C19H26N3O5P. The smallest absolute Gasteiger partial charge is 0.363 e. The second-order valence-electron chi connectivity index (χ2n) is 5.87. The number of nitrogens with one attached hydrogen (secondary N) is 1. The third-order valence-corrected chi connectivity index (χ3v) is 6.12. The average molecular weight is 407 g/mol. The van der Waals surface area contributed by atoms with Crippen molar-refractivity contribution in [1.82, 2.24) is 9.97 Å². The van der Waals surface area contributed by atoms with E-state index < -0.39 is 7.60 Å². The van der Waals surface area contributed by atoms with Crippen molar-refractivity contribution < 1.29 is 23.5 Å². The Bertz CT molecular complexity index is 891. The zero-order valence-corrected chi connectivity index (χ0v) is 17.6. The van der Waals surface area contributed by atoms with E-state index in [9.17, 15) is 9.67 Å². The molecule has 28 heavy (non-hydrogen) atoms. The van der Waals surface area contributed by atoms with Crippen molar-refractivity contribution in [3.63, 3.8) is 0 Å². The molecule has 2 rings (SSSR count). The fourth-order valence-corrected chi connectivity index (χ4v) is 4.27. The first-order valence-electron chi connectivity index (χ1n) is 8.87. The number of phenols is 1. The molecule has 0 atom stereocenters. The summed E-state index contributed by atoms with van der Waals surface area (Å²) in [4.78, 5) is 8.13. The number of ether oxygens (including phenoxy) is 1. The minimum absolute atomic E-state index is 0.0218. The van der Waals surface area contributed by atoms with Crippen molar-refractivity contribution >= 4 is 18.6 Å². The number of aromatic hydroxyl groups is 1. The number of aromatic nitrogens is 2. The molecule has 1 aromatic heterocycles. The largest absolute Gasteiger partial charge is 0.504 e. The molecular weight excluding hydrogens is 381 g/mol. The molecule has 9 heteroatoms. The maximum atomic E-state index is 13.5. The summed E-state index contributed by atoms with van der Waals surface area (Å²) >= 11 is 0. The van der Waals surface area contributed by atoms with Gasteiger partial charge in [-0.1, -0.05) is 0 Å². The third-order valence-electron chi connectivity index (χ3n) is 3.95. The van der Waals surface area contributed by atoms with Gasteiger partial charge < -0.3 is 24.2 Å². The van der Waals surface area contributed by atoms with Crippen molar-refractivity contribution in [2.45, 2.75) is 27.7 Å². The molecule has 0 saturated heterocycles. The molecule has 0 unspecified atom stereocenters. The van der Waals surface area contributed by atoms with E-state index in [4.69, 9.17) is 13.8 Å². The summed E-state index contributed by atoms with van der Waals surface area (Å²) in [7, 11) is -2.19. The molecule has 0 aliphatic heterocycles. The summed E-state index contributed by atoms with van der Waals surface area (Å²) in [6, 6.07) is 3.29. The van der Waals surface area contributed by atoms with Crippen LogP contribution in [0.25, 0.3) is 5.31 Å². The van der Waals surface area contributed by atoms with Gasteiger partial charge in [0.15, 0.2) is 11.5 Å². The first-order valence-corrected chi connectivity index (χ1v) is 10.4. The summed E-state index contributed by atoms with van der Waals surface area (Å²) in [5.74, 6) is 0.285. The van der Waals surface area contributed by atoms with Gasteiger partial charge in [-0.25, -0.2) is 9.97 Å². The number of nitrogens with zero attached hydrogens (tertiary/aromatic N) is 2. The Morgan fingerprint density at radius 3 is 2.50 bits per heavy atom. The number of hydrogen-bond donors (Lipinski definition) is 2. The zero-order chi connectivity index (χ0) is 20.7. The molecule has 0 aliphatic rings. The lowest BCUT2D eigenvalue weighted by atomic mass is 10.1. The highest BCUT2D eigenvalue weighted by Crippen LogP contribution is 2.61. The van der Waals surface area contributed by atoms with E-state index >= 15 is 0 Å². The number of rotatable bonds is 9. The van der Waals surface area contributed by atoms with Crippen molar-refractivity contribution in [3.05, 3.63) is 47.7 Å². The fraction of sp³-hybridized carbons (Fsp3) is 0.368. The topological polar surface area (TPSA) is 103 Å².